The first-order chi connectivity index (χ1) is 6.81. The van der Waals surface area contributed by atoms with Gasteiger partial charge in [-0.3, -0.25) is 4.79 Å². The molecule has 14 heavy (non-hydrogen) atoms. The van der Waals surface area contributed by atoms with Crippen LogP contribution in [0.3, 0.4) is 0 Å². The Hall–Kier alpha value is -1.09. The quantitative estimate of drug-likeness (QED) is 0.702. The molecular formula is C10H11ClN2O. The average Bonchev–Trinajstić information content (AvgIpc) is 2.70. The summed E-state index contributed by atoms with van der Waals surface area (Å²) >= 11 is 6.03. The highest BCUT2D eigenvalue weighted by Gasteiger charge is 2.16. The molecule has 2 heterocycles. The summed E-state index contributed by atoms with van der Waals surface area (Å²) in [6, 6.07) is 1.66. The number of aromatic nitrogens is 1. The van der Waals surface area contributed by atoms with Crippen LogP contribution in [0.4, 0.5) is 5.82 Å². The van der Waals surface area contributed by atoms with Gasteiger partial charge in [0.25, 0.3) is 0 Å². The monoisotopic (exact) mass is 210 g/mol. The maximum atomic E-state index is 10.5. The normalized spacial score (nSPS) is 15.9. The fourth-order valence-electron chi connectivity index (χ4n) is 1.67. The average molecular weight is 211 g/mol. The summed E-state index contributed by atoms with van der Waals surface area (Å²) in [4.78, 5) is 16.8. The highest BCUT2D eigenvalue weighted by atomic mass is 35.5. The topological polar surface area (TPSA) is 33.2 Å². The van der Waals surface area contributed by atoms with Gasteiger partial charge in [0.2, 0.25) is 0 Å². The van der Waals surface area contributed by atoms with Crippen LogP contribution in [0.5, 0.6) is 0 Å². The van der Waals surface area contributed by atoms with Gasteiger partial charge in [0.15, 0.2) is 6.29 Å². The van der Waals surface area contributed by atoms with E-state index in [1.165, 1.54) is 12.8 Å². The lowest BCUT2D eigenvalue weighted by molar-refractivity contribution is 0.112. The van der Waals surface area contributed by atoms with Crippen molar-refractivity contribution in [2.24, 2.45) is 0 Å². The summed E-state index contributed by atoms with van der Waals surface area (Å²) in [5, 5.41) is 0.566. The van der Waals surface area contributed by atoms with Crippen molar-refractivity contribution in [2.75, 3.05) is 18.0 Å². The maximum Gasteiger partial charge on any atom is 0.151 e. The van der Waals surface area contributed by atoms with Crippen LogP contribution in [0.2, 0.25) is 5.02 Å². The molecule has 0 N–H and O–H groups in total. The molecule has 1 aliphatic rings. The van der Waals surface area contributed by atoms with Crippen molar-refractivity contribution in [3.05, 3.63) is 22.8 Å². The van der Waals surface area contributed by atoms with Crippen LogP contribution >= 0.6 is 11.6 Å². The molecule has 0 aromatic carbocycles. The van der Waals surface area contributed by atoms with Gasteiger partial charge in [0, 0.05) is 24.8 Å². The second kappa shape index (κ2) is 3.96. The van der Waals surface area contributed by atoms with Gasteiger partial charge in [-0.2, -0.15) is 0 Å². The lowest BCUT2D eigenvalue weighted by Crippen LogP contribution is -2.19. The van der Waals surface area contributed by atoms with Crippen molar-refractivity contribution in [2.45, 2.75) is 12.8 Å². The Morgan fingerprint density at radius 3 is 2.71 bits per heavy atom. The Bertz CT molecular complexity index is 348. The molecule has 0 amide bonds. The van der Waals surface area contributed by atoms with Crippen LogP contribution in [-0.4, -0.2) is 24.4 Å². The summed E-state index contributed by atoms with van der Waals surface area (Å²) in [7, 11) is 0. The van der Waals surface area contributed by atoms with E-state index in [2.05, 4.69) is 9.88 Å². The zero-order valence-corrected chi connectivity index (χ0v) is 8.50. The number of hydrogen-bond donors (Lipinski definition) is 0. The Morgan fingerprint density at radius 2 is 2.14 bits per heavy atom. The minimum Gasteiger partial charge on any atom is -0.355 e. The van der Waals surface area contributed by atoms with E-state index in [0.717, 1.165) is 25.2 Å². The SMILES string of the molecule is O=Cc1cnc(N2CCCC2)c(Cl)c1. The number of anilines is 1. The third kappa shape index (κ3) is 1.73. The highest BCUT2D eigenvalue weighted by Crippen LogP contribution is 2.26. The number of nitrogens with zero attached hydrogens (tertiary/aromatic N) is 2. The predicted octanol–water partition coefficient (Wildman–Crippen LogP) is 2.15. The number of hydrogen-bond acceptors (Lipinski definition) is 3. The van der Waals surface area contributed by atoms with Crippen LogP contribution in [0.25, 0.3) is 0 Å². The summed E-state index contributed by atoms with van der Waals surface area (Å²) in [5.41, 5.74) is 0.526. The van der Waals surface area contributed by atoms with Crippen molar-refractivity contribution < 1.29 is 4.79 Å². The lowest BCUT2D eigenvalue weighted by atomic mass is 10.3. The predicted molar refractivity (Wildman–Crippen MR) is 56.1 cm³/mol. The van der Waals surface area contributed by atoms with Crippen LogP contribution in [0.1, 0.15) is 23.2 Å². The maximum absolute atomic E-state index is 10.5. The molecule has 2 rings (SSSR count). The molecule has 0 spiro atoms. The molecule has 0 atom stereocenters. The fraction of sp³-hybridized carbons (Fsp3) is 0.400. The van der Waals surface area contributed by atoms with Crippen LogP contribution in [-0.2, 0) is 0 Å². The van der Waals surface area contributed by atoms with Crippen LogP contribution < -0.4 is 4.90 Å². The number of rotatable bonds is 2. The molecule has 0 radical (unpaired) electrons. The van der Waals surface area contributed by atoms with E-state index >= 15 is 0 Å². The molecule has 1 saturated heterocycles. The summed E-state index contributed by atoms with van der Waals surface area (Å²) in [6.45, 7) is 2.01. The largest absolute Gasteiger partial charge is 0.355 e. The number of carbonyl (C=O) groups excluding carboxylic acids is 1. The van der Waals surface area contributed by atoms with E-state index in [4.69, 9.17) is 11.6 Å². The van der Waals surface area contributed by atoms with Crippen molar-refractivity contribution in [3.8, 4) is 0 Å². The summed E-state index contributed by atoms with van der Waals surface area (Å²) in [5.74, 6) is 0.801. The highest BCUT2D eigenvalue weighted by molar-refractivity contribution is 6.33. The molecular weight excluding hydrogens is 200 g/mol. The van der Waals surface area contributed by atoms with Gasteiger partial charge in [-0.15, -0.1) is 0 Å². The van der Waals surface area contributed by atoms with Gasteiger partial charge in [0.05, 0.1) is 5.02 Å². The molecule has 0 saturated carbocycles. The van der Waals surface area contributed by atoms with Gasteiger partial charge < -0.3 is 4.90 Å². The molecule has 1 aliphatic heterocycles. The molecule has 3 nitrogen and oxygen atoms in total. The van der Waals surface area contributed by atoms with Gasteiger partial charge >= 0.3 is 0 Å². The van der Waals surface area contributed by atoms with E-state index in [0.29, 0.717) is 10.6 Å². The molecule has 1 aromatic rings. The molecule has 4 heteroatoms. The molecule has 74 valence electrons. The summed E-state index contributed by atoms with van der Waals surface area (Å²) < 4.78 is 0. The zero-order chi connectivity index (χ0) is 9.97. The Kier molecular flexibility index (Phi) is 2.68. The Morgan fingerprint density at radius 1 is 1.43 bits per heavy atom. The van der Waals surface area contributed by atoms with Crippen molar-refractivity contribution in [1.29, 1.82) is 0 Å². The van der Waals surface area contributed by atoms with Gasteiger partial charge in [-0.25, -0.2) is 4.98 Å². The Labute approximate surface area is 87.7 Å². The first kappa shape index (κ1) is 9.46. The summed E-state index contributed by atoms with van der Waals surface area (Å²) in [6.07, 6.45) is 4.69. The van der Waals surface area contributed by atoms with Crippen molar-refractivity contribution in [3.63, 3.8) is 0 Å². The minimum absolute atomic E-state index is 0.526. The van der Waals surface area contributed by atoms with Crippen LogP contribution in [0.15, 0.2) is 12.3 Å². The minimum atomic E-state index is 0.526. The van der Waals surface area contributed by atoms with E-state index in [9.17, 15) is 4.79 Å². The molecule has 0 unspecified atom stereocenters. The van der Waals surface area contributed by atoms with Crippen molar-refractivity contribution >= 4 is 23.7 Å². The molecule has 1 aromatic heterocycles. The molecule has 0 aliphatic carbocycles. The number of pyridine rings is 1. The smallest absolute Gasteiger partial charge is 0.151 e. The van der Waals surface area contributed by atoms with E-state index in [1.807, 2.05) is 0 Å². The van der Waals surface area contributed by atoms with E-state index in [-0.39, 0.29) is 0 Å². The Balaban J connectivity index is 2.29. The third-order valence-electron chi connectivity index (χ3n) is 2.38. The van der Waals surface area contributed by atoms with Gasteiger partial charge in [-0.1, -0.05) is 11.6 Å². The van der Waals surface area contributed by atoms with Crippen LogP contribution in [0, 0.1) is 0 Å². The zero-order valence-electron chi connectivity index (χ0n) is 7.74. The standard InChI is InChI=1S/C10H11ClN2O/c11-9-5-8(7-14)6-12-10(9)13-3-1-2-4-13/h5-7H,1-4H2. The second-order valence-corrected chi connectivity index (χ2v) is 3.79. The first-order valence-corrected chi connectivity index (χ1v) is 5.05. The fourth-order valence-corrected chi connectivity index (χ4v) is 1.97. The van der Waals surface area contributed by atoms with Gasteiger partial charge in [0.1, 0.15) is 5.82 Å². The first-order valence-electron chi connectivity index (χ1n) is 4.67. The third-order valence-corrected chi connectivity index (χ3v) is 2.66. The molecule has 1 fully saturated rings. The second-order valence-electron chi connectivity index (χ2n) is 3.39. The number of aldehydes is 1. The lowest BCUT2D eigenvalue weighted by Gasteiger charge is -2.17. The van der Waals surface area contributed by atoms with E-state index < -0.39 is 0 Å². The molecule has 0 bridgehead atoms. The van der Waals surface area contributed by atoms with Gasteiger partial charge in [-0.05, 0) is 18.9 Å². The van der Waals surface area contributed by atoms with Crippen molar-refractivity contribution in [1.82, 2.24) is 4.98 Å². The number of halogens is 1. The number of carbonyl (C=O) groups is 1. The van der Waals surface area contributed by atoms with E-state index in [1.54, 1.807) is 12.3 Å².